The first-order valence-corrected chi connectivity index (χ1v) is 7.82. The van der Waals surface area contributed by atoms with Gasteiger partial charge in [-0.2, -0.15) is 0 Å². The molecule has 1 aliphatic rings. The first-order valence-electron chi connectivity index (χ1n) is 7.82. The first-order chi connectivity index (χ1) is 10.2. The average molecular weight is 292 g/mol. The molecule has 0 bridgehead atoms. The maximum atomic E-state index is 6.02. The quantitative estimate of drug-likeness (QED) is 0.875. The van der Waals surface area contributed by atoms with Gasteiger partial charge in [-0.1, -0.05) is 13.0 Å². The summed E-state index contributed by atoms with van der Waals surface area (Å²) in [4.78, 5) is 2.54. The molecule has 2 rings (SSSR count). The van der Waals surface area contributed by atoms with Gasteiger partial charge in [0.2, 0.25) is 0 Å². The van der Waals surface area contributed by atoms with Crippen LogP contribution in [0.4, 0.5) is 0 Å². The molecule has 0 spiro atoms. The molecule has 4 heteroatoms. The van der Waals surface area contributed by atoms with Crippen LogP contribution in [0, 0.1) is 5.92 Å². The molecule has 1 aromatic carbocycles. The van der Waals surface area contributed by atoms with Crippen molar-refractivity contribution in [2.45, 2.75) is 25.7 Å². The van der Waals surface area contributed by atoms with Crippen molar-refractivity contribution in [1.29, 1.82) is 0 Å². The molecule has 1 aromatic rings. The van der Waals surface area contributed by atoms with Crippen LogP contribution in [-0.4, -0.2) is 45.3 Å². The topological polar surface area (TPSA) is 47.7 Å². The molecule has 0 radical (unpaired) electrons. The lowest BCUT2D eigenvalue weighted by atomic mass is 9.95. The predicted octanol–water partition coefficient (Wildman–Crippen LogP) is 2.48. The third-order valence-corrected chi connectivity index (χ3v) is 4.38. The number of hydrogen-bond donors (Lipinski definition) is 1. The van der Waals surface area contributed by atoms with Crippen LogP contribution in [0.5, 0.6) is 11.5 Å². The Balaban J connectivity index is 2.09. The van der Waals surface area contributed by atoms with Gasteiger partial charge in [0, 0.05) is 25.6 Å². The van der Waals surface area contributed by atoms with E-state index in [1.165, 1.54) is 31.5 Å². The standard InChI is InChI=1S/C17H28N2O2/c1-13-5-4-8-19(11-13)12-15(10-18)14-6-7-16(20-2)17(9-14)21-3/h6-7,9,13,15H,4-5,8,10-12,18H2,1-3H3. The second kappa shape index (κ2) is 7.66. The minimum atomic E-state index is 0.343. The van der Waals surface area contributed by atoms with Crippen molar-refractivity contribution in [3.63, 3.8) is 0 Å². The number of likely N-dealkylation sites (tertiary alicyclic amines) is 1. The SMILES string of the molecule is COc1ccc(C(CN)CN2CCCC(C)C2)cc1OC. The fraction of sp³-hybridized carbons (Fsp3) is 0.647. The first kappa shape index (κ1) is 16.1. The minimum absolute atomic E-state index is 0.343. The molecule has 1 aliphatic heterocycles. The van der Waals surface area contributed by atoms with E-state index in [0.717, 1.165) is 24.0 Å². The van der Waals surface area contributed by atoms with E-state index in [1.54, 1.807) is 14.2 Å². The number of methoxy groups -OCH3 is 2. The van der Waals surface area contributed by atoms with Crippen molar-refractivity contribution < 1.29 is 9.47 Å². The van der Waals surface area contributed by atoms with Crippen LogP contribution in [0.15, 0.2) is 18.2 Å². The lowest BCUT2D eigenvalue weighted by molar-refractivity contribution is 0.175. The summed E-state index contributed by atoms with van der Waals surface area (Å²) in [5.74, 6) is 2.68. The molecule has 0 saturated carbocycles. The Morgan fingerprint density at radius 3 is 2.67 bits per heavy atom. The number of benzene rings is 1. The molecule has 4 nitrogen and oxygen atoms in total. The summed E-state index contributed by atoms with van der Waals surface area (Å²) < 4.78 is 10.7. The zero-order valence-corrected chi connectivity index (χ0v) is 13.5. The molecule has 0 amide bonds. The fourth-order valence-corrected chi connectivity index (χ4v) is 3.19. The van der Waals surface area contributed by atoms with Gasteiger partial charge in [-0.3, -0.25) is 0 Å². The summed E-state index contributed by atoms with van der Waals surface area (Å²) >= 11 is 0. The second-order valence-electron chi connectivity index (χ2n) is 6.05. The van der Waals surface area contributed by atoms with Crippen molar-refractivity contribution in [1.82, 2.24) is 4.90 Å². The van der Waals surface area contributed by atoms with Crippen LogP contribution in [0.2, 0.25) is 0 Å². The Morgan fingerprint density at radius 2 is 2.05 bits per heavy atom. The molecule has 1 fully saturated rings. The highest BCUT2D eigenvalue weighted by Crippen LogP contribution is 2.31. The van der Waals surface area contributed by atoms with Crippen molar-refractivity contribution >= 4 is 0 Å². The Hall–Kier alpha value is -1.26. The summed E-state index contributed by atoms with van der Waals surface area (Å²) in [7, 11) is 3.33. The zero-order chi connectivity index (χ0) is 15.2. The summed E-state index contributed by atoms with van der Waals surface area (Å²) in [5, 5.41) is 0. The van der Waals surface area contributed by atoms with Crippen LogP contribution in [0.1, 0.15) is 31.2 Å². The zero-order valence-electron chi connectivity index (χ0n) is 13.5. The van der Waals surface area contributed by atoms with Crippen molar-refractivity contribution in [3.8, 4) is 11.5 Å². The molecule has 1 saturated heterocycles. The second-order valence-corrected chi connectivity index (χ2v) is 6.05. The summed E-state index contributed by atoms with van der Waals surface area (Å²) in [6.07, 6.45) is 2.64. The molecule has 2 N–H and O–H groups in total. The van der Waals surface area contributed by atoms with E-state index < -0.39 is 0 Å². The minimum Gasteiger partial charge on any atom is -0.493 e. The summed E-state index contributed by atoms with van der Waals surface area (Å²) in [6, 6.07) is 6.13. The Morgan fingerprint density at radius 1 is 1.29 bits per heavy atom. The number of piperidine rings is 1. The Kier molecular flexibility index (Phi) is 5.88. The van der Waals surface area contributed by atoms with Gasteiger partial charge in [0.15, 0.2) is 11.5 Å². The van der Waals surface area contributed by atoms with Gasteiger partial charge in [0.05, 0.1) is 14.2 Å². The van der Waals surface area contributed by atoms with Crippen LogP contribution in [0.25, 0.3) is 0 Å². The summed E-state index contributed by atoms with van der Waals surface area (Å²) in [5.41, 5.74) is 7.25. The number of ether oxygens (including phenoxy) is 2. The molecule has 118 valence electrons. The van der Waals surface area contributed by atoms with E-state index in [-0.39, 0.29) is 0 Å². The van der Waals surface area contributed by atoms with Crippen molar-refractivity contribution in [2.75, 3.05) is 40.4 Å². The number of hydrogen-bond acceptors (Lipinski definition) is 4. The Labute approximate surface area is 128 Å². The number of rotatable bonds is 6. The molecule has 1 heterocycles. The van der Waals surface area contributed by atoms with Gasteiger partial charge >= 0.3 is 0 Å². The lowest BCUT2D eigenvalue weighted by Crippen LogP contribution is -2.38. The molecule has 21 heavy (non-hydrogen) atoms. The van der Waals surface area contributed by atoms with Crippen molar-refractivity contribution in [3.05, 3.63) is 23.8 Å². The Bertz CT molecular complexity index is 450. The van der Waals surface area contributed by atoms with E-state index in [0.29, 0.717) is 12.5 Å². The van der Waals surface area contributed by atoms with E-state index in [9.17, 15) is 0 Å². The van der Waals surface area contributed by atoms with Crippen LogP contribution in [0.3, 0.4) is 0 Å². The number of nitrogens with zero attached hydrogens (tertiary/aromatic N) is 1. The van der Waals surface area contributed by atoms with Gasteiger partial charge in [0.1, 0.15) is 0 Å². The largest absolute Gasteiger partial charge is 0.493 e. The maximum Gasteiger partial charge on any atom is 0.160 e. The van der Waals surface area contributed by atoms with E-state index in [4.69, 9.17) is 15.2 Å². The highest BCUT2D eigenvalue weighted by Gasteiger charge is 2.21. The third kappa shape index (κ3) is 4.11. The smallest absolute Gasteiger partial charge is 0.160 e. The third-order valence-electron chi connectivity index (χ3n) is 4.38. The van der Waals surface area contributed by atoms with Crippen molar-refractivity contribution in [2.24, 2.45) is 11.7 Å². The predicted molar refractivity (Wildman–Crippen MR) is 86.2 cm³/mol. The van der Waals surface area contributed by atoms with E-state index in [1.807, 2.05) is 6.07 Å². The van der Waals surface area contributed by atoms with E-state index in [2.05, 4.69) is 24.0 Å². The van der Waals surface area contributed by atoms with E-state index >= 15 is 0 Å². The van der Waals surface area contributed by atoms with Gasteiger partial charge < -0.3 is 20.1 Å². The highest BCUT2D eigenvalue weighted by molar-refractivity contribution is 5.44. The molecule has 0 aliphatic carbocycles. The monoisotopic (exact) mass is 292 g/mol. The molecule has 0 aromatic heterocycles. The average Bonchev–Trinajstić information content (AvgIpc) is 2.52. The lowest BCUT2D eigenvalue weighted by Gasteiger charge is -2.33. The van der Waals surface area contributed by atoms with Crippen LogP contribution >= 0.6 is 0 Å². The van der Waals surface area contributed by atoms with Gasteiger partial charge in [-0.15, -0.1) is 0 Å². The van der Waals surface area contributed by atoms with Gasteiger partial charge in [-0.05, 0) is 43.0 Å². The van der Waals surface area contributed by atoms with Gasteiger partial charge in [0.25, 0.3) is 0 Å². The maximum absolute atomic E-state index is 6.02. The molecular weight excluding hydrogens is 264 g/mol. The molecule has 2 atom stereocenters. The molecular formula is C17H28N2O2. The normalized spacial score (nSPS) is 21.0. The van der Waals surface area contributed by atoms with Gasteiger partial charge in [-0.25, -0.2) is 0 Å². The highest BCUT2D eigenvalue weighted by atomic mass is 16.5. The van der Waals surface area contributed by atoms with Crippen LogP contribution < -0.4 is 15.2 Å². The fourth-order valence-electron chi connectivity index (χ4n) is 3.19. The number of nitrogens with two attached hydrogens (primary N) is 1. The van der Waals surface area contributed by atoms with Crippen LogP contribution in [-0.2, 0) is 0 Å². The molecule has 2 unspecified atom stereocenters. The summed E-state index contributed by atoms with van der Waals surface area (Å²) in [6.45, 7) is 6.38.